The van der Waals surface area contributed by atoms with Crippen LogP contribution in [0.1, 0.15) is 13.3 Å². The van der Waals surface area contributed by atoms with Gasteiger partial charge < -0.3 is 19.7 Å². The number of aliphatic carboxylic acids is 1. The summed E-state index contributed by atoms with van der Waals surface area (Å²) in [5.74, 6) is -1.37. The number of ether oxygens (including phenoxy) is 2. The standard InChI is InChI=1S/C10H12O5/c1-10-6(15-10)2-4-5(8(11)12)3-14-9(13)7(4)10/h3-4,6-7,9,13H,2H2,1H3,(H,11,12)/t4?,6?,7-,9?,10?/m1/s1. The highest BCUT2D eigenvalue weighted by Gasteiger charge is 2.69. The topological polar surface area (TPSA) is 79.3 Å². The Kier molecular flexibility index (Phi) is 1.55. The third kappa shape index (κ3) is 1.02. The number of aliphatic hydroxyl groups excluding tert-OH is 1. The molecule has 5 nitrogen and oxygen atoms in total. The summed E-state index contributed by atoms with van der Waals surface area (Å²) < 4.78 is 10.4. The fourth-order valence-corrected chi connectivity index (χ4v) is 2.95. The molecule has 5 atom stereocenters. The predicted molar refractivity (Wildman–Crippen MR) is 47.7 cm³/mol. The first-order valence-corrected chi connectivity index (χ1v) is 4.99. The Morgan fingerprint density at radius 2 is 2.40 bits per heavy atom. The summed E-state index contributed by atoms with van der Waals surface area (Å²) >= 11 is 0. The Morgan fingerprint density at radius 3 is 3.07 bits per heavy atom. The van der Waals surface area contributed by atoms with Gasteiger partial charge in [-0.25, -0.2) is 4.79 Å². The molecule has 3 rings (SSSR count). The summed E-state index contributed by atoms with van der Waals surface area (Å²) in [5, 5.41) is 18.7. The van der Waals surface area contributed by atoms with E-state index in [2.05, 4.69) is 0 Å². The van der Waals surface area contributed by atoms with E-state index in [4.69, 9.17) is 14.6 Å². The van der Waals surface area contributed by atoms with Crippen LogP contribution < -0.4 is 0 Å². The third-order valence-electron chi connectivity index (χ3n) is 3.83. The molecule has 2 fully saturated rings. The van der Waals surface area contributed by atoms with Gasteiger partial charge in [0.15, 0.2) is 0 Å². The number of rotatable bonds is 1. The van der Waals surface area contributed by atoms with Gasteiger partial charge in [-0.3, -0.25) is 0 Å². The van der Waals surface area contributed by atoms with Crippen molar-refractivity contribution in [1.29, 1.82) is 0 Å². The molecule has 0 amide bonds. The Balaban J connectivity index is 1.97. The molecule has 3 aliphatic rings. The van der Waals surface area contributed by atoms with E-state index < -0.39 is 12.3 Å². The second-order valence-corrected chi connectivity index (χ2v) is 4.56. The fourth-order valence-electron chi connectivity index (χ4n) is 2.95. The van der Waals surface area contributed by atoms with E-state index in [1.807, 2.05) is 6.92 Å². The van der Waals surface area contributed by atoms with E-state index in [9.17, 15) is 9.90 Å². The molecule has 82 valence electrons. The van der Waals surface area contributed by atoms with E-state index in [1.54, 1.807) is 0 Å². The van der Waals surface area contributed by atoms with Crippen LogP contribution in [0.5, 0.6) is 0 Å². The van der Waals surface area contributed by atoms with Gasteiger partial charge in [-0.05, 0) is 13.3 Å². The van der Waals surface area contributed by atoms with Crippen molar-refractivity contribution in [3.8, 4) is 0 Å². The van der Waals surface area contributed by atoms with Gasteiger partial charge in [-0.15, -0.1) is 0 Å². The first-order valence-electron chi connectivity index (χ1n) is 4.99. The zero-order valence-electron chi connectivity index (χ0n) is 8.21. The second kappa shape index (κ2) is 2.54. The quantitative estimate of drug-likeness (QED) is 0.602. The van der Waals surface area contributed by atoms with E-state index in [-0.39, 0.29) is 29.1 Å². The minimum Gasteiger partial charge on any atom is -0.478 e. The second-order valence-electron chi connectivity index (χ2n) is 4.56. The molecule has 4 unspecified atom stereocenters. The lowest BCUT2D eigenvalue weighted by molar-refractivity contribution is -0.147. The van der Waals surface area contributed by atoms with Crippen molar-refractivity contribution in [3.63, 3.8) is 0 Å². The average Bonchev–Trinajstić information content (AvgIpc) is 2.68. The number of carboxylic acid groups (broad SMARTS) is 1. The van der Waals surface area contributed by atoms with Gasteiger partial charge in [-0.1, -0.05) is 0 Å². The fraction of sp³-hybridized carbons (Fsp3) is 0.700. The molecule has 15 heavy (non-hydrogen) atoms. The molecule has 1 aliphatic carbocycles. The predicted octanol–water partition coefficient (Wildman–Crippen LogP) is 0.0971. The van der Waals surface area contributed by atoms with Crippen LogP contribution >= 0.6 is 0 Å². The molecule has 2 N–H and O–H groups in total. The normalized spacial score (nSPS) is 51.2. The van der Waals surface area contributed by atoms with E-state index >= 15 is 0 Å². The van der Waals surface area contributed by atoms with Crippen LogP contribution in [-0.2, 0) is 14.3 Å². The maximum absolute atomic E-state index is 11.0. The third-order valence-corrected chi connectivity index (χ3v) is 3.83. The number of epoxide rings is 1. The average molecular weight is 212 g/mol. The molecular weight excluding hydrogens is 200 g/mol. The van der Waals surface area contributed by atoms with Crippen LogP contribution in [0.4, 0.5) is 0 Å². The maximum atomic E-state index is 11.0. The largest absolute Gasteiger partial charge is 0.478 e. The van der Waals surface area contributed by atoms with Crippen LogP contribution in [0.25, 0.3) is 0 Å². The van der Waals surface area contributed by atoms with Gasteiger partial charge in [0.05, 0.1) is 23.9 Å². The summed E-state index contributed by atoms with van der Waals surface area (Å²) in [6.07, 6.45) is 0.962. The summed E-state index contributed by atoms with van der Waals surface area (Å²) in [4.78, 5) is 11.0. The molecule has 2 aliphatic heterocycles. The van der Waals surface area contributed by atoms with Gasteiger partial charge in [0, 0.05) is 5.92 Å². The van der Waals surface area contributed by atoms with Crippen LogP contribution in [-0.4, -0.2) is 34.2 Å². The number of fused-ring (bicyclic) bond motifs is 3. The molecule has 1 saturated heterocycles. The molecule has 0 spiro atoms. The van der Waals surface area contributed by atoms with E-state index in [1.165, 1.54) is 6.26 Å². The molecule has 0 bridgehead atoms. The van der Waals surface area contributed by atoms with Crippen molar-refractivity contribution in [3.05, 3.63) is 11.8 Å². The van der Waals surface area contributed by atoms with Gasteiger partial charge in [-0.2, -0.15) is 0 Å². The lowest BCUT2D eigenvalue weighted by atomic mass is 9.82. The lowest BCUT2D eigenvalue weighted by Crippen LogP contribution is -2.40. The van der Waals surface area contributed by atoms with Crippen LogP contribution in [0.3, 0.4) is 0 Å². The van der Waals surface area contributed by atoms with Crippen molar-refractivity contribution in [1.82, 2.24) is 0 Å². The van der Waals surface area contributed by atoms with Crippen LogP contribution in [0.15, 0.2) is 11.8 Å². The molecular formula is C10H12O5. The first-order chi connectivity index (χ1) is 7.04. The van der Waals surface area contributed by atoms with Gasteiger partial charge in [0.1, 0.15) is 5.60 Å². The summed E-state index contributed by atoms with van der Waals surface area (Å²) in [6.45, 7) is 1.90. The Labute approximate surface area is 86.3 Å². The number of carbonyl (C=O) groups is 1. The summed E-state index contributed by atoms with van der Waals surface area (Å²) in [7, 11) is 0. The van der Waals surface area contributed by atoms with Crippen LogP contribution in [0, 0.1) is 11.8 Å². The molecule has 0 aromatic carbocycles. The SMILES string of the molecule is CC12OC1CC1C(C(=O)O)=COC(O)[C@@H]12. The van der Waals surface area contributed by atoms with E-state index in [0.717, 1.165) is 0 Å². The Bertz CT molecular complexity index is 363. The van der Waals surface area contributed by atoms with Crippen molar-refractivity contribution in [2.45, 2.75) is 31.3 Å². The summed E-state index contributed by atoms with van der Waals surface area (Å²) in [5.41, 5.74) is -0.138. The number of aliphatic hydroxyl groups is 1. The van der Waals surface area contributed by atoms with Crippen molar-refractivity contribution in [2.24, 2.45) is 11.8 Å². The molecule has 0 aromatic heterocycles. The molecule has 1 saturated carbocycles. The monoisotopic (exact) mass is 212 g/mol. The molecule has 2 heterocycles. The highest BCUT2D eigenvalue weighted by molar-refractivity contribution is 5.87. The number of hydrogen-bond acceptors (Lipinski definition) is 4. The van der Waals surface area contributed by atoms with Crippen molar-refractivity contribution in [2.75, 3.05) is 0 Å². The zero-order chi connectivity index (χ0) is 10.8. The minimum atomic E-state index is -0.971. The van der Waals surface area contributed by atoms with E-state index in [0.29, 0.717) is 6.42 Å². The lowest BCUT2D eigenvalue weighted by Gasteiger charge is -2.33. The smallest absolute Gasteiger partial charge is 0.334 e. The Hall–Kier alpha value is -1.07. The summed E-state index contributed by atoms with van der Waals surface area (Å²) in [6, 6.07) is 0. The number of hydrogen-bond donors (Lipinski definition) is 2. The minimum absolute atomic E-state index is 0.0756. The first kappa shape index (κ1) is 9.18. The van der Waals surface area contributed by atoms with Crippen molar-refractivity contribution >= 4 is 5.97 Å². The highest BCUT2D eigenvalue weighted by Crippen LogP contribution is 2.60. The Morgan fingerprint density at radius 1 is 1.67 bits per heavy atom. The molecule has 0 radical (unpaired) electrons. The van der Waals surface area contributed by atoms with Gasteiger partial charge >= 0.3 is 5.97 Å². The van der Waals surface area contributed by atoms with Gasteiger partial charge in [0.2, 0.25) is 6.29 Å². The number of carboxylic acids is 1. The molecule has 0 aromatic rings. The zero-order valence-corrected chi connectivity index (χ0v) is 8.21. The van der Waals surface area contributed by atoms with Crippen LogP contribution in [0.2, 0.25) is 0 Å². The van der Waals surface area contributed by atoms with Crippen molar-refractivity contribution < 1.29 is 24.5 Å². The highest BCUT2D eigenvalue weighted by atomic mass is 16.6. The van der Waals surface area contributed by atoms with Gasteiger partial charge in [0.25, 0.3) is 0 Å². The maximum Gasteiger partial charge on any atom is 0.334 e. The molecule has 5 heteroatoms.